The van der Waals surface area contributed by atoms with Crippen molar-refractivity contribution in [3.05, 3.63) is 63.9 Å². The molecule has 106 valence electrons. The number of H-pyrrole nitrogens is 1. The molecule has 0 aliphatic heterocycles. The first-order valence-corrected chi connectivity index (χ1v) is 6.02. The minimum absolute atomic E-state index is 0.0983. The van der Waals surface area contributed by atoms with E-state index in [1.807, 2.05) is 0 Å². The topological polar surface area (TPSA) is 97.8 Å². The van der Waals surface area contributed by atoms with Gasteiger partial charge in [-0.15, -0.1) is 10.2 Å². The number of benzene rings is 1. The molecule has 0 fully saturated rings. The molecule has 7 nitrogen and oxygen atoms in total. The van der Waals surface area contributed by atoms with Crippen LogP contribution in [-0.2, 0) is 6.42 Å². The van der Waals surface area contributed by atoms with Crippen molar-refractivity contribution in [2.24, 2.45) is 0 Å². The predicted octanol–water partition coefficient (Wildman–Crippen LogP) is 2.70. The van der Waals surface area contributed by atoms with Gasteiger partial charge in [0, 0.05) is 6.07 Å². The molecule has 2 aromatic heterocycles. The van der Waals surface area contributed by atoms with Gasteiger partial charge >= 0.3 is 0 Å². The van der Waals surface area contributed by atoms with E-state index in [-0.39, 0.29) is 29.7 Å². The normalized spacial score (nSPS) is 10.7. The van der Waals surface area contributed by atoms with Gasteiger partial charge in [0.05, 0.1) is 17.5 Å². The molecule has 0 atom stereocenters. The van der Waals surface area contributed by atoms with Gasteiger partial charge in [0.15, 0.2) is 0 Å². The smallest absolute Gasteiger partial charge is 0.287 e. The fourth-order valence-electron chi connectivity index (χ4n) is 1.85. The monoisotopic (exact) mass is 288 g/mol. The molecule has 21 heavy (non-hydrogen) atoms. The van der Waals surface area contributed by atoms with Crippen LogP contribution in [0.15, 0.2) is 40.9 Å². The molecule has 1 aromatic carbocycles. The number of rotatable bonds is 4. The first-order chi connectivity index (χ1) is 10.1. The fraction of sp³-hybridized carbons (Fsp3) is 0.0769. The maximum atomic E-state index is 13.5. The second-order valence-electron chi connectivity index (χ2n) is 4.30. The van der Waals surface area contributed by atoms with Crippen LogP contribution in [0.3, 0.4) is 0 Å². The molecule has 0 amide bonds. The lowest BCUT2D eigenvalue weighted by Gasteiger charge is -1.97. The molecule has 0 radical (unpaired) electrons. The highest BCUT2D eigenvalue weighted by Gasteiger charge is 2.16. The maximum Gasteiger partial charge on any atom is 0.287 e. The summed E-state index contributed by atoms with van der Waals surface area (Å²) in [5.74, 6) is -0.00504. The Hall–Kier alpha value is -3.03. The zero-order valence-electron chi connectivity index (χ0n) is 10.6. The van der Waals surface area contributed by atoms with Crippen LogP contribution in [0.2, 0.25) is 0 Å². The molecular formula is C13H9FN4O3. The Labute approximate surface area is 117 Å². The second-order valence-corrected chi connectivity index (χ2v) is 4.30. The number of nitrogens with one attached hydrogen (secondary N) is 1. The summed E-state index contributed by atoms with van der Waals surface area (Å²) >= 11 is 0. The van der Waals surface area contributed by atoms with E-state index in [1.165, 1.54) is 18.3 Å². The third kappa shape index (κ3) is 2.64. The Bertz CT molecular complexity index is 796. The van der Waals surface area contributed by atoms with E-state index in [9.17, 15) is 14.5 Å². The number of halogens is 1. The Balaban J connectivity index is 1.83. The van der Waals surface area contributed by atoms with Gasteiger partial charge in [-0.1, -0.05) is 18.2 Å². The van der Waals surface area contributed by atoms with Crippen LogP contribution in [0.4, 0.5) is 10.1 Å². The third-order valence-electron chi connectivity index (χ3n) is 2.88. The van der Waals surface area contributed by atoms with Crippen LogP contribution in [-0.4, -0.2) is 20.1 Å². The van der Waals surface area contributed by atoms with E-state index >= 15 is 0 Å². The Kier molecular flexibility index (Phi) is 3.19. The average molecular weight is 288 g/mol. The van der Waals surface area contributed by atoms with Gasteiger partial charge in [0.2, 0.25) is 5.89 Å². The van der Waals surface area contributed by atoms with E-state index in [0.29, 0.717) is 11.3 Å². The van der Waals surface area contributed by atoms with E-state index in [0.717, 1.165) is 0 Å². The first kappa shape index (κ1) is 13.0. The second kappa shape index (κ2) is 5.16. The lowest BCUT2D eigenvalue weighted by atomic mass is 10.1. The molecule has 0 aliphatic rings. The summed E-state index contributed by atoms with van der Waals surface area (Å²) in [6.07, 6.45) is 1.39. The molecule has 0 unspecified atom stereocenters. The van der Waals surface area contributed by atoms with Crippen LogP contribution in [0, 0.1) is 15.9 Å². The van der Waals surface area contributed by atoms with E-state index in [4.69, 9.17) is 4.42 Å². The van der Waals surface area contributed by atoms with Crippen molar-refractivity contribution in [2.75, 3.05) is 0 Å². The number of aromatic amines is 1. The number of nitro groups is 1. The molecule has 8 heteroatoms. The van der Waals surface area contributed by atoms with Gasteiger partial charge in [-0.25, -0.2) is 4.39 Å². The standard InChI is InChI=1S/C13H9FN4O3/c14-10-4-2-1-3-8(10)5-12-16-17-13(21-12)11-6-9(7-15-11)18(19)20/h1-4,6-7,15H,5H2. The van der Waals surface area contributed by atoms with Crippen molar-refractivity contribution in [3.8, 4) is 11.6 Å². The van der Waals surface area contributed by atoms with Crippen LogP contribution in [0.1, 0.15) is 11.5 Å². The zero-order valence-corrected chi connectivity index (χ0v) is 10.6. The number of aromatic nitrogens is 3. The zero-order chi connectivity index (χ0) is 14.8. The minimum atomic E-state index is -0.531. The molecule has 0 saturated carbocycles. The summed E-state index contributed by atoms with van der Waals surface area (Å²) in [7, 11) is 0. The highest BCUT2D eigenvalue weighted by atomic mass is 19.1. The van der Waals surface area contributed by atoms with Gasteiger partial charge in [0.25, 0.3) is 11.6 Å². The summed E-state index contributed by atoms with van der Waals surface area (Å²) in [5.41, 5.74) is 0.679. The highest BCUT2D eigenvalue weighted by molar-refractivity contribution is 5.52. The first-order valence-electron chi connectivity index (χ1n) is 6.02. The highest BCUT2D eigenvalue weighted by Crippen LogP contribution is 2.22. The van der Waals surface area contributed by atoms with Gasteiger partial charge < -0.3 is 9.40 Å². The molecule has 3 aromatic rings. The Morgan fingerprint density at radius 1 is 1.33 bits per heavy atom. The van der Waals surface area contributed by atoms with E-state index in [2.05, 4.69) is 15.2 Å². The quantitative estimate of drug-likeness (QED) is 0.588. The molecule has 2 heterocycles. The molecule has 1 N–H and O–H groups in total. The summed E-state index contributed by atoms with van der Waals surface area (Å²) in [6, 6.07) is 7.57. The number of nitrogens with zero attached hydrogens (tertiary/aromatic N) is 3. The average Bonchev–Trinajstić information content (AvgIpc) is 3.10. The van der Waals surface area contributed by atoms with Gasteiger partial charge in [-0.3, -0.25) is 10.1 Å². The molecular weight excluding hydrogens is 279 g/mol. The van der Waals surface area contributed by atoms with Crippen molar-refractivity contribution >= 4 is 5.69 Å². The number of hydrogen-bond acceptors (Lipinski definition) is 5. The van der Waals surface area contributed by atoms with Gasteiger partial charge in [-0.05, 0) is 11.6 Å². The lowest BCUT2D eigenvalue weighted by molar-refractivity contribution is -0.384. The van der Waals surface area contributed by atoms with Crippen LogP contribution in [0.25, 0.3) is 11.6 Å². The summed E-state index contributed by atoms with van der Waals surface area (Å²) < 4.78 is 18.9. The SMILES string of the molecule is O=[N+]([O-])c1c[nH]c(-c2nnc(Cc3ccccc3F)o2)c1. The van der Waals surface area contributed by atoms with Crippen molar-refractivity contribution in [3.63, 3.8) is 0 Å². The number of hydrogen-bond donors (Lipinski definition) is 1. The molecule has 0 aliphatic carbocycles. The van der Waals surface area contributed by atoms with Gasteiger partial charge in [-0.2, -0.15) is 0 Å². The van der Waals surface area contributed by atoms with Crippen molar-refractivity contribution < 1.29 is 13.7 Å². The van der Waals surface area contributed by atoms with Crippen LogP contribution in [0.5, 0.6) is 0 Å². The predicted molar refractivity (Wildman–Crippen MR) is 69.9 cm³/mol. The van der Waals surface area contributed by atoms with Crippen LogP contribution >= 0.6 is 0 Å². The fourth-order valence-corrected chi connectivity index (χ4v) is 1.85. The molecule has 0 saturated heterocycles. The Morgan fingerprint density at radius 3 is 2.86 bits per heavy atom. The molecule has 3 rings (SSSR count). The minimum Gasteiger partial charge on any atom is -0.419 e. The summed E-state index contributed by atoms with van der Waals surface area (Å²) in [5, 5.41) is 18.2. The van der Waals surface area contributed by atoms with E-state index < -0.39 is 4.92 Å². The van der Waals surface area contributed by atoms with Crippen molar-refractivity contribution in [1.82, 2.24) is 15.2 Å². The van der Waals surface area contributed by atoms with E-state index in [1.54, 1.807) is 18.2 Å². The maximum absolute atomic E-state index is 13.5. The van der Waals surface area contributed by atoms with Crippen molar-refractivity contribution in [2.45, 2.75) is 6.42 Å². The lowest BCUT2D eigenvalue weighted by Crippen LogP contribution is -1.92. The third-order valence-corrected chi connectivity index (χ3v) is 2.88. The Morgan fingerprint density at radius 2 is 2.14 bits per heavy atom. The summed E-state index contributed by atoms with van der Waals surface area (Å²) in [6.45, 7) is 0. The largest absolute Gasteiger partial charge is 0.419 e. The van der Waals surface area contributed by atoms with Gasteiger partial charge in [0.1, 0.15) is 11.5 Å². The molecule has 0 spiro atoms. The van der Waals surface area contributed by atoms with Crippen molar-refractivity contribution in [1.29, 1.82) is 0 Å². The summed E-state index contributed by atoms with van der Waals surface area (Å²) in [4.78, 5) is 12.8. The molecule has 0 bridgehead atoms. The van der Waals surface area contributed by atoms with Crippen LogP contribution < -0.4 is 0 Å².